The fourth-order valence-corrected chi connectivity index (χ4v) is 2.19. The third kappa shape index (κ3) is 4.15. The lowest BCUT2D eigenvalue weighted by Gasteiger charge is -2.21. The number of rotatable bonds is 7. The third-order valence-electron chi connectivity index (χ3n) is 3.73. The molecule has 4 heteroatoms. The van der Waals surface area contributed by atoms with Gasteiger partial charge in [0.2, 0.25) is 0 Å². The van der Waals surface area contributed by atoms with Gasteiger partial charge in [-0.15, -0.1) is 0 Å². The van der Waals surface area contributed by atoms with Crippen molar-refractivity contribution < 1.29 is 9.66 Å². The Morgan fingerprint density at radius 3 is 2.41 bits per heavy atom. The molecule has 0 spiro atoms. The van der Waals surface area contributed by atoms with Gasteiger partial charge in [-0.1, -0.05) is 62.7 Å². The first-order chi connectivity index (χ1) is 10.6. The molecule has 0 saturated carbocycles. The fourth-order valence-electron chi connectivity index (χ4n) is 2.19. The van der Waals surface area contributed by atoms with Gasteiger partial charge in [-0.2, -0.15) is 0 Å². The van der Waals surface area contributed by atoms with Crippen LogP contribution < -0.4 is 0 Å². The number of hydrogen-bond acceptors (Lipinski definition) is 3. The van der Waals surface area contributed by atoms with E-state index >= 15 is 0 Å². The molecule has 0 aliphatic rings. The van der Waals surface area contributed by atoms with Crippen molar-refractivity contribution in [3.05, 3.63) is 75.8 Å². The first-order valence-corrected chi connectivity index (χ1v) is 7.52. The fraction of sp³-hybridized carbons (Fsp3) is 0.333. The Morgan fingerprint density at radius 1 is 1.09 bits per heavy atom. The molecule has 116 valence electrons. The van der Waals surface area contributed by atoms with Crippen LogP contribution in [-0.4, -0.2) is 11.5 Å². The summed E-state index contributed by atoms with van der Waals surface area (Å²) in [5.74, 6) is 0.449. The molecule has 0 aromatic heterocycles. The third-order valence-corrected chi connectivity index (χ3v) is 3.73. The van der Waals surface area contributed by atoms with Crippen LogP contribution in [0.15, 0.2) is 54.6 Å². The molecule has 0 amide bonds. The molecule has 4 nitrogen and oxygen atoms in total. The summed E-state index contributed by atoms with van der Waals surface area (Å²) < 4.78 is 6.08. The molecule has 0 radical (unpaired) electrons. The van der Waals surface area contributed by atoms with Crippen molar-refractivity contribution >= 4 is 5.69 Å². The standard InChI is InChI=1S/C18H21NO3/c1-3-14(2)13-22-18(15-8-5-4-6-9-15)16-10-7-11-17(12-16)19(20)21/h4-12,14,18H,3,13H2,1-2H3. The normalized spacial score (nSPS) is 13.5. The maximum atomic E-state index is 11.0. The Labute approximate surface area is 130 Å². The summed E-state index contributed by atoms with van der Waals surface area (Å²) in [5.41, 5.74) is 1.90. The first kappa shape index (κ1) is 16.2. The van der Waals surface area contributed by atoms with Gasteiger partial charge in [-0.3, -0.25) is 10.1 Å². The molecule has 2 rings (SSSR count). The van der Waals surface area contributed by atoms with E-state index in [1.807, 2.05) is 36.4 Å². The summed E-state index contributed by atoms with van der Waals surface area (Å²) in [6.07, 6.45) is 0.756. The molecule has 2 unspecified atom stereocenters. The minimum atomic E-state index is -0.375. The van der Waals surface area contributed by atoms with Crippen LogP contribution in [0.2, 0.25) is 0 Å². The zero-order valence-electron chi connectivity index (χ0n) is 12.9. The quantitative estimate of drug-likeness (QED) is 0.547. The topological polar surface area (TPSA) is 52.4 Å². The number of nitrogens with zero attached hydrogens (tertiary/aromatic N) is 1. The van der Waals surface area contributed by atoms with E-state index in [4.69, 9.17) is 4.74 Å². The molecule has 0 saturated heterocycles. The molecule has 0 aliphatic heterocycles. The van der Waals surface area contributed by atoms with Crippen LogP contribution in [0.5, 0.6) is 0 Å². The molecule has 2 aromatic rings. The van der Waals surface area contributed by atoms with Crippen molar-refractivity contribution in [2.75, 3.05) is 6.61 Å². The number of nitro benzene ring substituents is 1. The van der Waals surface area contributed by atoms with Crippen molar-refractivity contribution in [1.82, 2.24) is 0 Å². The molecule has 0 heterocycles. The van der Waals surface area contributed by atoms with Crippen LogP contribution in [0.3, 0.4) is 0 Å². The predicted molar refractivity (Wildman–Crippen MR) is 86.8 cm³/mol. The Hall–Kier alpha value is -2.20. The van der Waals surface area contributed by atoms with E-state index in [1.165, 1.54) is 6.07 Å². The Morgan fingerprint density at radius 2 is 1.77 bits per heavy atom. The van der Waals surface area contributed by atoms with E-state index in [1.54, 1.807) is 12.1 Å². The van der Waals surface area contributed by atoms with Gasteiger partial charge in [0.05, 0.1) is 11.5 Å². The number of hydrogen-bond donors (Lipinski definition) is 0. The van der Waals surface area contributed by atoms with E-state index in [9.17, 15) is 10.1 Å². The Bertz CT molecular complexity index is 613. The number of non-ortho nitro benzene ring substituents is 1. The molecular weight excluding hydrogens is 278 g/mol. The van der Waals surface area contributed by atoms with E-state index in [-0.39, 0.29) is 16.7 Å². The lowest BCUT2D eigenvalue weighted by molar-refractivity contribution is -0.385. The van der Waals surface area contributed by atoms with Gasteiger partial charge in [0, 0.05) is 12.1 Å². The summed E-state index contributed by atoms with van der Waals surface area (Å²) >= 11 is 0. The van der Waals surface area contributed by atoms with E-state index in [0.717, 1.165) is 17.5 Å². The molecule has 22 heavy (non-hydrogen) atoms. The Balaban J connectivity index is 2.31. The summed E-state index contributed by atoms with van der Waals surface area (Å²) in [6.45, 7) is 4.88. The maximum absolute atomic E-state index is 11.0. The van der Waals surface area contributed by atoms with Gasteiger partial charge in [-0.05, 0) is 17.0 Å². The van der Waals surface area contributed by atoms with E-state index < -0.39 is 0 Å². The highest BCUT2D eigenvalue weighted by Crippen LogP contribution is 2.29. The zero-order valence-corrected chi connectivity index (χ0v) is 12.9. The first-order valence-electron chi connectivity index (χ1n) is 7.52. The lowest BCUT2D eigenvalue weighted by Crippen LogP contribution is -2.12. The minimum Gasteiger partial charge on any atom is -0.369 e. The van der Waals surface area contributed by atoms with Crippen LogP contribution in [0, 0.1) is 16.0 Å². The Kier molecular flexibility index (Phi) is 5.67. The largest absolute Gasteiger partial charge is 0.369 e. The van der Waals surface area contributed by atoms with E-state index in [0.29, 0.717) is 12.5 Å². The summed E-state index contributed by atoms with van der Waals surface area (Å²) in [4.78, 5) is 10.6. The zero-order chi connectivity index (χ0) is 15.9. The van der Waals surface area contributed by atoms with Crippen LogP contribution in [0.1, 0.15) is 37.5 Å². The summed E-state index contributed by atoms with van der Waals surface area (Å²) in [6, 6.07) is 16.5. The molecule has 0 bridgehead atoms. The van der Waals surface area contributed by atoms with Crippen molar-refractivity contribution in [2.24, 2.45) is 5.92 Å². The van der Waals surface area contributed by atoms with Crippen LogP contribution in [0.25, 0.3) is 0 Å². The number of nitro groups is 1. The lowest BCUT2D eigenvalue weighted by atomic mass is 10.0. The molecular formula is C18H21NO3. The highest BCUT2D eigenvalue weighted by atomic mass is 16.6. The average molecular weight is 299 g/mol. The van der Waals surface area contributed by atoms with Crippen LogP contribution in [-0.2, 0) is 4.74 Å². The molecule has 0 fully saturated rings. The van der Waals surface area contributed by atoms with Gasteiger partial charge in [-0.25, -0.2) is 0 Å². The van der Waals surface area contributed by atoms with Crippen molar-refractivity contribution in [2.45, 2.75) is 26.4 Å². The molecule has 0 aliphatic carbocycles. The summed E-state index contributed by atoms with van der Waals surface area (Å²) in [5, 5.41) is 11.0. The SMILES string of the molecule is CCC(C)COC(c1ccccc1)c1cccc([N+](=O)[O-])c1. The number of benzene rings is 2. The highest BCUT2D eigenvalue weighted by Gasteiger charge is 2.18. The highest BCUT2D eigenvalue weighted by molar-refractivity contribution is 5.39. The van der Waals surface area contributed by atoms with Gasteiger partial charge < -0.3 is 4.74 Å². The van der Waals surface area contributed by atoms with Gasteiger partial charge in [0.15, 0.2) is 0 Å². The van der Waals surface area contributed by atoms with Gasteiger partial charge in [0.25, 0.3) is 5.69 Å². The van der Waals surface area contributed by atoms with Crippen molar-refractivity contribution in [3.8, 4) is 0 Å². The smallest absolute Gasteiger partial charge is 0.269 e. The van der Waals surface area contributed by atoms with Crippen molar-refractivity contribution in [3.63, 3.8) is 0 Å². The molecule has 2 aromatic carbocycles. The summed E-state index contributed by atoms with van der Waals surface area (Å²) in [7, 11) is 0. The monoisotopic (exact) mass is 299 g/mol. The van der Waals surface area contributed by atoms with Gasteiger partial charge in [0.1, 0.15) is 6.10 Å². The average Bonchev–Trinajstić information content (AvgIpc) is 2.56. The number of ether oxygens (including phenoxy) is 1. The van der Waals surface area contributed by atoms with E-state index in [2.05, 4.69) is 13.8 Å². The van der Waals surface area contributed by atoms with Crippen LogP contribution in [0.4, 0.5) is 5.69 Å². The molecule has 0 N–H and O–H groups in total. The second kappa shape index (κ2) is 7.71. The maximum Gasteiger partial charge on any atom is 0.269 e. The second-order valence-electron chi connectivity index (χ2n) is 5.49. The van der Waals surface area contributed by atoms with Crippen molar-refractivity contribution in [1.29, 1.82) is 0 Å². The molecule has 2 atom stereocenters. The predicted octanol–water partition coefficient (Wildman–Crippen LogP) is 4.75. The minimum absolute atomic E-state index is 0.0885. The van der Waals surface area contributed by atoms with Gasteiger partial charge >= 0.3 is 0 Å². The second-order valence-corrected chi connectivity index (χ2v) is 5.49. The van der Waals surface area contributed by atoms with Crippen LogP contribution >= 0.6 is 0 Å².